The molecule has 3 aliphatic rings. The first-order chi connectivity index (χ1) is 17.0. The van der Waals surface area contributed by atoms with Crippen molar-refractivity contribution in [3.05, 3.63) is 29.8 Å². The molecule has 1 aromatic rings. The molecule has 1 aromatic carbocycles. The number of likely N-dealkylation sites (tertiary alicyclic amines) is 1. The molecule has 190 valence electrons. The summed E-state index contributed by atoms with van der Waals surface area (Å²) >= 11 is 0. The molecule has 3 heterocycles. The van der Waals surface area contributed by atoms with Gasteiger partial charge < -0.3 is 30.5 Å². The van der Waals surface area contributed by atoms with Gasteiger partial charge in [-0.3, -0.25) is 19.2 Å². The first-order valence-corrected chi connectivity index (χ1v) is 12.6. The van der Waals surface area contributed by atoms with Crippen LogP contribution in [-0.2, 0) is 14.4 Å². The van der Waals surface area contributed by atoms with Gasteiger partial charge in [0, 0.05) is 19.6 Å². The largest absolute Gasteiger partial charge is 0.491 e. The molecule has 0 saturated carbocycles. The summed E-state index contributed by atoms with van der Waals surface area (Å²) in [5, 5.41) is 8.46. The molecule has 2 saturated heterocycles. The molecule has 10 nitrogen and oxygen atoms in total. The number of hydrogen-bond acceptors (Lipinski definition) is 6. The Balaban J connectivity index is 1.50. The average Bonchev–Trinajstić information content (AvgIpc) is 3.37. The van der Waals surface area contributed by atoms with Crippen LogP contribution in [0.2, 0.25) is 0 Å². The predicted octanol–water partition coefficient (Wildman–Crippen LogP) is 0.277. The Kier molecular flexibility index (Phi) is 8.57. The fraction of sp³-hybridized carbons (Fsp3) is 0.600. The van der Waals surface area contributed by atoms with Gasteiger partial charge in [-0.1, -0.05) is 18.6 Å². The van der Waals surface area contributed by atoms with Crippen LogP contribution >= 0.6 is 0 Å². The number of hydrogen-bond donors (Lipinski definition) is 3. The SMILES string of the molecule is O=C1N[C@H](C(=O)NCCN2CCCCC2)CC(=O)N2CCC[C@H]2C(=O)NCCOc2ccccc21. The summed E-state index contributed by atoms with van der Waals surface area (Å²) in [5.74, 6) is -1.08. The van der Waals surface area contributed by atoms with E-state index in [2.05, 4.69) is 20.9 Å². The summed E-state index contributed by atoms with van der Waals surface area (Å²) in [6.07, 6.45) is 4.62. The van der Waals surface area contributed by atoms with Gasteiger partial charge in [0.2, 0.25) is 17.7 Å². The number of amides is 4. The summed E-state index contributed by atoms with van der Waals surface area (Å²) in [4.78, 5) is 56.0. The molecule has 0 aromatic heterocycles. The molecule has 0 aliphatic carbocycles. The van der Waals surface area contributed by atoms with E-state index in [0.29, 0.717) is 31.7 Å². The van der Waals surface area contributed by atoms with Crippen molar-refractivity contribution in [1.29, 1.82) is 0 Å². The van der Waals surface area contributed by atoms with Crippen molar-refractivity contribution in [2.75, 3.05) is 45.9 Å². The molecule has 0 spiro atoms. The summed E-state index contributed by atoms with van der Waals surface area (Å²) in [6, 6.07) is 5.10. The maximum absolute atomic E-state index is 13.2. The highest BCUT2D eigenvalue weighted by molar-refractivity contribution is 6.01. The zero-order valence-corrected chi connectivity index (χ0v) is 20.1. The maximum Gasteiger partial charge on any atom is 0.255 e. The molecule has 4 rings (SSSR count). The number of carbonyl (C=O) groups is 4. The van der Waals surface area contributed by atoms with Gasteiger partial charge >= 0.3 is 0 Å². The van der Waals surface area contributed by atoms with E-state index in [1.807, 2.05) is 0 Å². The van der Waals surface area contributed by atoms with Crippen molar-refractivity contribution >= 4 is 23.6 Å². The van der Waals surface area contributed by atoms with E-state index < -0.39 is 23.9 Å². The summed E-state index contributed by atoms with van der Waals surface area (Å²) < 4.78 is 5.75. The van der Waals surface area contributed by atoms with Gasteiger partial charge in [-0.05, 0) is 50.9 Å². The fourth-order valence-corrected chi connectivity index (χ4v) is 4.95. The van der Waals surface area contributed by atoms with Crippen molar-refractivity contribution in [2.45, 2.75) is 50.6 Å². The van der Waals surface area contributed by atoms with E-state index in [1.165, 1.54) is 11.3 Å². The molecule has 0 bridgehead atoms. The molecule has 4 amide bonds. The summed E-state index contributed by atoms with van der Waals surface area (Å²) in [7, 11) is 0. The number of fused-ring (bicyclic) bond motifs is 2. The van der Waals surface area contributed by atoms with Crippen molar-refractivity contribution < 1.29 is 23.9 Å². The molecule has 3 aliphatic heterocycles. The number of benzene rings is 1. The molecule has 35 heavy (non-hydrogen) atoms. The minimum absolute atomic E-state index is 0.178. The molecule has 10 heteroatoms. The highest BCUT2D eigenvalue weighted by Gasteiger charge is 2.36. The van der Waals surface area contributed by atoms with Crippen LogP contribution < -0.4 is 20.7 Å². The second kappa shape index (κ2) is 12.0. The lowest BCUT2D eigenvalue weighted by Crippen LogP contribution is -2.53. The lowest BCUT2D eigenvalue weighted by molar-refractivity contribution is -0.140. The molecular formula is C25H35N5O5. The second-order valence-corrected chi connectivity index (χ2v) is 9.30. The lowest BCUT2D eigenvalue weighted by Gasteiger charge is -2.28. The van der Waals surface area contributed by atoms with Crippen LogP contribution in [0.25, 0.3) is 0 Å². The van der Waals surface area contributed by atoms with Crippen LogP contribution in [-0.4, -0.2) is 91.4 Å². The van der Waals surface area contributed by atoms with Gasteiger partial charge in [0.15, 0.2) is 0 Å². The van der Waals surface area contributed by atoms with Gasteiger partial charge in [0.1, 0.15) is 24.4 Å². The highest BCUT2D eigenvalue weighted by Crippen LogP contribution is 2.21. The van der Waals surface area contributed by atoms with E-state index in [0.717, 1.165) is 32.5 Å². The molecular weight excluding hydrogens is 450 g/mol. The first kappa shape index (κ1) is 25.0. The predicted molar refractivity (Wildman–Crippen MR) is 129 cm³/mol. The minimum atomic E-state index is -1.06. The number of nitrogens with zero attached hydrogens (tertiary/aromatic N) is 2. The van der Waals surface area contributed by atoms with Gasteiger partial charge in [-0.15, -0.1) is 0 Å². The van der Waals surface area contributed by atoms with E-state index in [-0.39, 0.29) is 37.0 Å². The number of piperidine rings is 1. The lowest BCUT2D eigenvalue weighted by atomic mass is 10.1. The number of ether oxygens (including phenoxy) is 1. The van der Waals surface area contributed by atoms with Gasteiger partial charge in [0.05, 0.1) is 18.5 Å². The number of rotatable bonds is 4. The van der Waals surface area contributed by atoms with E-state index >= 15 is 0 Å². The zero-order chi connectivity index (χ0) is 24.6. The third kappa shape index (κ3) is 6.50. The summed E-state index contributed by atoms with van der Waals surface area (Å²) in [5.41, 5.74) is 0.272. The topological polar surface area (TPSA) is 120 Å². The Morgan fingerprint density at radius 2 is 1.86 bits per heavy atom. The van der Waals surface area contributed by atoms with Crippen LogP contribution in [0.15, 0.2) is 24.3 Å². The van der Waals surface area contributed by atoms with Gasteiger partial charge in [-0.2, -0.15) is 0 Å². The third-order valence-electron chi connectivity index (χ3n) is 6.84. The van der Waals surface area contributed by atoms with Crippen molar-refractivity contribution in [1.82, 2.24) is 25.8 Å². The van der Waals surface area contributed by atoms with Crippen LogP contribution in [0, 0.1) is 0 Å². The molecule has 2 fully saturated rings. The Morgan fingerprint density at radius 1 is 1.06 bits per heavy atom. The zero-order valence-electron chi connectivity index (χ0n) is 20.1. The third-order valence-corrected chi connectivity index (χ3v) is 6.84. The van der Waals surface area contributed by atoms with Crippen LogP contribution in [0.1, 0.15) is 48.9 Å². The number of nitrogens with one attached hydrogen (secondary N) is 3. The Morgan fingerprint density at radius 3 is 2.69 bits per heavy atom. The summed E-state index contributed by atoms with van der Waals surface area (Å²) in [6.45, 7) is 4.09. The maximum atomic E-state index is 13.2. The van der Waals surface area contributed by atoms with Crippen LogP contribution in [0.5, 0.6) is 5.75 Å². The van der Waals surface area contributed by atoms with Crippen LogP contribution in [0.3, 0.4) is 0 Å². The molecule has 2 atom stereocenters. The standard InChI is InChI=1S/C25H35N5O5/c31-22-17-19(24(33)26-10-15-29-12-4-1-5-13-29)28-23(32)18-7-2-3-9-21(18)35-16-11-27-25(34)20-8-6-14-30(20)22/h2-3,7,9,19-20H,1,4-6,8,10-17H2,(H,26,33)(H,27,34)(H,28,32)/t19-,20-/m0/s1. The highest BCUT2D eigenvalue weighted by atomic mass is 16.5. The molecule has 0 radical (unpaired) electrons. The Hall–Kier alpha value is -3.14. The fourth-order valence-electron chi connectivity index (χ4n) is 4.95. The molecule has 3 N–H and O–H groups in total. The second-order valence-electron chi connectivity index (χ2n) is 9.30. The van der Waals surface area contributed by atoms with Crippen molar-refractivity contribution in [3.63, 3.8) is 0 Å². The smallest absolute Gasteiger partial charge is 0.255 e. The minimum Gasteiger partial charge on any atom is -0.491 e. The Bertz CT molecular complexity index is 933. The quantitative estimate of drug-likeness (QED) is 0.564. The Labute approximate surface area is 205 Å². The molecule has 0 unspecified atom stereocenters. The van der Waals surface area contributed by atoms with Crippen LogP contribution in [0.4, 0.5) is 0 Å². The van der Waals surface area contributed by atoms with E-state index in [9.17, 15) is 19.2 Å². The van der Waals surface area contributed by atoms with Gasteiger partial charge in [-0.25, -0.2) is 0 Å². The average molecular weight is 486 g/mol. The van der Waals surface area contributed by atoms with Crippen molar-refractivity contribution in [2.24, 2.45) is 0 Å². The normalized spacial score (nSPS) is 24.3. The monoisotopic (exact) mass is 485 g/mol. The number of para-hydroxylation sites is 1. The van der Waals surface area contributed by atoms with E-state index in [1.54, 1.807) is 24.3 Å². The van der Waals surface area contributed by atoms with Gasteiger partial charge in [0.25, 0.3) is 5.91 Å². The van der Waals surface area contributed by atoms with E-state index in [4.69, 9.17) is 4.74 Å². The number of carbonyl (C=O) groups excluding carboxylic acids is 4. The first-order valence-electron chi connectivity index (χ1n) is 12.6. The van der Waals surface area contributed by atoms with Crippen molar-refractivity contribution in [3.8, 4) is 5.75 Å².